The zero-order valence-electron chi connectivity index (χ0n) is 10.1. The largest absolute Gasteiger partial charge is 0.508 e. The maximum Gasteiger partial charge on any atom is 0.115 e. The highest BCUT2D eigenvalue weighted by Gasteiger charge is 2.21. The van der Waals surface area contributed by atoms with Gasteiger partial charge in [-0.15, -0.1) is 0 Å². The molecule has 0 saturated heterocycles. The Balaban J connectivity index is 1.98. The Bertz CT molecular complexity index is 333. The van der Waals surface area contributed by atoms with E-state index in [1.54, 1.807) is 12.1 Å². The lowest BCUT2D eigenvalue weighted by Crippen LogP contribution is -2.34. The Kier molecular flexibility index (Phi) is 4.86. The summed E-state index contributed by atoms with van der Waals surface area (Å²) in [5.74, 6) is 0.349. The van der Waals surface area contributed by atoms with Crippen molar-refractivity contribution in [1.29, 1.82) is 0 Å². The van der Waals surface area contributed by atoms with Crippen LogP contribution in [0.1, 0.15) is 31.2 Å². The zero-order chi connectivity index (χ0) is 12.1. The highest BCUT2D eigenvalue weighted by Crippen LogP contribution is 2.25. The molecule has 0 aromatic heterocycles. The summed E-state index contributed by atoms with van der Waals surface area (Å²) in [6.45, 7) is 2.10. The number of phenolic OH excluding ortho intramolecular Hbond substituents is 1. The lowest BCUT2D eigenvalue weighted by atomic mass is 10.1. The molecule has 0 radical (unpaired) electrons. The molecular formula is C14H20BrNO. The minimum Gasteiger partial charge on any atom is -0.508 e. The van der Waals surface area contributed by atoms with Crippen molar-refractivity contribution in [2.75, 3.05) is 11.9 Å². The van der Waals surface area contributed by atoms with Gasteiger partial charge in [0.15, 0.2) is 0 Å². The summed E-state index contributed by atoms with van der Waals surface area (Å²) in [6.07, 6.45) is 5.42. The van der Waals surface area contributed by atoms with Gasteiger partial charge in [0.05, 0.1) is 0 Å². The molecule has 1 N–H and O–H groups in total. The van der Waals surface area contributed by atoms with Crippen molar-refractivity contribution in [3.63, 3.8) is 0 Å². The number of benzene rings is 1. The van der Waals surface area contributed by atoms with Gasteiger partial charge in [-0.2, -0.15) is 0 Å². The predicted molar refractivity (Wildman–Crippen MR) is 74.6 cm³/mol. The van der Waals surface area contributed by atoms with Crippen LogP contribution in [0.25, 0.3) is 0 Å². The lowest BCUT2D eigenvalue weighted by molar-refractivity contribution is 0.202. The normalized spacial score (nSPS) is 16.8. The third-order valence-electron chi connectivity index (χ3n) is 3.53. The quantitative estimate of drug-likeness (QED) is 0.841. The number of rotatable bonds is 5. The molecule has 1 aliphatic rings. The topological polar surface area (TPSA) is 23.5 Å². The van der Waals surface area contributed by atoms with E-state index in [2.05, 4.69) is 20.8 Å². The average Bonchev–Trinajstić information content (AvgIpc) is 2.85. The van der Waals surface area contributed by atoms with Crippen LogP contribution < -0.4 is 0 Å². The van der Waals surface area contributed by atoms with E-state index in [0.717, 1.165) is 24.5 Å². The number of alkyl halides is 1. The first-order chi connectivity index (χ1) is 8.29. The van der Waals surface area contributed by atoms with Gasteiger partial charge in [0.2, 0.25) is 0 Å². The van der Waals surface area contributed by atoms with Crippen LogP contribution in [0.5, 0.6) is 5.75 Å². The van der Waals surface area contributed by atoms with Crippen LogP contribution in [-0.2, 0) is 6.54 Å². The van der Waals surface area contributed by atoms with Gasteiger partial charge in [0.25, 0.3) is 0 Å². The van der Waals surface area contributed by atoms with Crippen molar-refractivity contribution in [2.45, 2.75) is 38.3 Å². The van der Waals surface area contributed by atoms with Gasteiger partial charge >= 0.3 is 0 Å². The number of nitrogens with zero attached hydrogens (tertiary/aromatic N) is 1. The summed E-state index contributed by atoms with van der Waals surface area (Å²) in [5.41, 5.74) is 1.29. The van der Waals surface area contributed by atoms with Gasteiger partial charge in [-0.1, -0.05) is 40.9 Å². The van der Waals surface area contributed by atoms with Crippen molar-refractivity contribution < 1.29 is 5.11 Å². The first kappa shape index (κ1) is 12.9. The van der Waals surface area contributed by atoms with Crippen LogP contribution in [0.4, 0.5) is 0 Å². The minimum absolute atomic E-state index is 0.349. The van der Waals surface area contributed by atoms with Crippen LogP contribution >= 0.6 is 15.9 Å². The third kappa shape index (κ3) is 3.71. The van der Waals surface area contributed by atoms with Gasteiger partial charge in [-0.3, -0.25) is 4.90 Å². The van der Waals surface area contributed by atoms with Gasteiger partial charge in [0.1, 0.15) is 5.75 Å². The molecule has 0 aliphatic heterocycles. The van der Waals surface area contributed by atoms with Gasteiger partial charge in [0, 0.05) is 24.5 Å². The monoisotopic (exact) mass is 297 g/mol. The van der Waals surface area contributed by atoms with E-state index < -0.39 is 0 Å². The molecule has 0 unspecified atom stereocenters. The highest BCUT2D eigenvalue weighted by atomic mass is 79.9. The number of halogens is 1. The van der Waals surface area contributed by atoms with Crippen LogP contribution in [0.3, 0.4) is 0 Å². The summed E-state index contributed by atoms with van der Waals surface area (Å²) in [5, 5.41) is 10.3. The number of aromatic hydroxyl groups is 1. The zero-order valence-corrected chi connectivity index (χ0v) is 11.7. The molecule has 17 heavy (non-hydrogen) atoms. The molecule has 0 amide bonds. The van der Waals surface area contributed by atoms with E-state index in [0.29, 0.717) is 5.75 Å². The molecule has 0 bridgehead atoms. The number of hydrogen-bond acceptors (Lipinski definition) is 2. The fraction of sp³-hybridized carbons (Fsp3) is 0.571. The van der Waals surface area contributed by atoms with E-state index >= 15 is 0 Å². The molecule has 1 aliphatic carbocycles. The van der Waals surface area contributed by atoms with Crippen LogP contribution in [0, 0.1) is 0 Å². The van der Waals surface area contributed by atoms with Crippen LogP contribution in [0.15, 0.2) is 24.3 Å². The maximum atomic E-state index is 9.28. The second kappa shape index (κ2) is 6.41. The summed E-state index contributed by atoms with van der Waals surface area (Å²) >= 11 is 3.54. The maximum absolute atomic E-state index is 9.28. The fourth-order valence-electron chi connectivity index (χ4n) is 2.60. The molecule has 0 heterocycles. The molecule has 0 spiro atoms. The first-order valence-corrected chi connectivity index (χ1v) is 7.49. The van der Waals surface area contributed by atoms with Crippen molar-refractivity contribution in [1.82, 2.24) is 4.90 Å². The molecular weight excluding hydrogens is 278 g/mol. The first-order valence-electron chi connectivity index (χ1n) is 6.37. The molecule has 94 valence electrons. The summed E-state index contributed by atoms with van der Waals surface area (Å²) in [6, 6.07) is 8.34. The number of hydrogen-bond donors (Lipinski definition) is 1. The van der Waals surface area contributed by atoms with Gasteiger partial charge in [-0.25, -0.2) is 0 Å². The molecule has 3 heteroatoms. The second-order valence-corrected chi connectivity index (χ2v) is 5.56. The molecule has 1 aromatic carbocycles. The van der Waals surface area contributed by atoms with E-state index in [1.807, 2.05) is 12.1 Å². The Morgan fingerprint density at radius 1 is 1.18 bits per heavy atom. The van der Waals surface area contributed by atoms with E-state index in [1.165, 1.54) is 31.2 Å². The fourth-order valence-corrected chi connectivity index (χ4v) is 3.06. The number of phenols is 1. The highest BCUT2D eigenvalue weighted by molar-refractivity contribution is 9.09. The van der Waals surface area contributed by atoms with Gasteiger partial charge < -0.3 is 5.11 Å². The minimum atomic E-state index is 0.349. The SMILES string of the molecule is Oc1ccc(CN(CCBr)C2CCCC2)cc1. The molecule has 1 saturated carbocycles. The third-order valence-corrected chi connectivity index (χ3v) is 3.89. The van der Waals surface area contributed by atoms with Crippen molar-refractivity contribution >= 4 is 15.9 Å². The predicted octanol–water partition coefficient (Wildman–Crippen LogP) is 3.53. The average molecular weight is 298 g/mol. The Labute approximate surface area is 112 Å². The Hall–Kier alpha value is -0.540. The standard InChI is InChI=1S/C14H20BrNO/c15-9-10-16(13-3-1-2-4-13)11-12-5-7-14(17)8-6-12/h5-8,13,17H,1-4,9-11H2. The lowest BCUT2D eigenvalue weighted by Gasteiger charge is -2.28. The van der Waals surface area contributed by atoms with E-state index in [-0.39, 0.29) is 0 Å². The van der Waals surface area contributed by atoms with Crippen LogP contribution in [-0.4, -0.2) is 27.9 Å². The van der Waals surface area contributed by atoms with Crippen molar-refractivity contribution in [3.05, 3.63) is 29.8 Å². The summed E-state index contributed by atoms with van der Waals surface area (Å²) in [7, 11) is 0. The van der Waals surface area contributed by atoms with Crippen LogP contribution in [0.2, 0.25) is 0 Å². The Morgan fingerprint density at radius 3 is 2.41 bits per heavy atom. The molecule has 1 aromatic rings. The van der Waals surface area contributed by atoms with Crippen molar-refractivity contribution in [2.24, 2.45) is 0 Å². The summed E-state index contributed by atoms with van der Waals surface area (Å²) < 4.78 is 0. The van der Waals surface area contributed by atoms with Crippen molar-refractivity contribution in [3.8, 4) is 5.75 Å². The molecule has 2 nitrogen and oxygen atoms in total. The second-order valence-electron chi connectivity index (χ2n) is 4.76. The Morgan fingerprint density at radius 2 is 1.82 bits per heavy atom. The molecule has 2 rings (SSSR count). The van der Waals surface area contributed by atoms with E-state index in [4.69, 9.17) is 0 Å². The summed E-state index contributed by atoms with van der Waals surface area (Å²) in [4.78, 5) is 2.56. The molecule has 1 fully saturated rings. The molecule has 0 atom stereocenters. The van der Waals surface area contributed by atoms with Gasteiger partial charge in [-0.05, 0) is 30.5 Å². The van der Waals surface area contributed by atoms with E-state index in [9.17, 15) is 5.11 Å². The smallest absolute Gasteiger partial charge is 0.115 e.